The average molecular weight is 243 g/mol. The zero-order chi connectivity index (χ0) is 12.0. The molecule has 3 nitrogen and oxygen atoms in total. The maximum atomic E-state index is 8.94. The van der Waals surface area contributed by atoms with E-state index >= 15 is 0 Å². The second-order valence-corrected chi connectivity index (χ2v) is 5.56. The lowest BCUT2D eigenvalue weighted by Gasteiger charge is -2.10. The Bertz CT molecular complexity index is 683. The van der Waals surface area contributed by atoms with Gasteiger partial charge in [0.1, 0.15) is 0 Å². The Morgan fingerprint density at radius 1 is 1.53 bits per heavy atom. The fourth-order valence-electron chi connectivity index (χ4n) is 2.13. The van der Waals surface area contributed by atoms with Gasteiger partial charge in [0.25, 0.3) is 0 Å². The molecule has 1 fully saturated rings. The molecule has 1 aliphatic carbocycles. The maximum Gasteiger partial charge on any atom is 0.178 e. The van der Waals surface area contributed by atoms with E-state index in [4.69, 9.17) is 17.5 Å². The van der Waals surface area contributed by atoms with Crippen LogP contribution in [0.3, 0.4) is 0 Å². The lowest BCUT2D eigenvalue weighted by molar-refractivity contribution is 0.469. The van der Waals surface area contributed by atoms with Crippen molar-refractivity contribution in [3.63, 3.8) is 0 Å². The second kappa shape index (κ2) is 3.44. The Hall–Kier alpha value is -1.60. The number of aromatic amines is 1. The predicted octanol–water partition coefficient (Wildman–Crippen LogP) is 3.37. The van der Waals surface area contributed by atoms with Gasteiger partial charge in [-0.05, 0) is 48.7 Å². The fourth-order valence-corrected chi connectivity index (χ4v) is 2.41. The molecule has 0 aliphatic heterocycles. The number of fused-ring (bicyclic) bond motifs is 1. The van der Waals surface area contributed by atoms with E-state index in [0.29, 0.717) is 11.0 Å². The maximum absolute atomic E-state index is 8.94. The van der Waals surface area contributed by atoms with Gasteiger partial charge in [-0.25, -0.2) is 0 Å². The molecule has 0 saturated heterocycles. The van der Waals surface area contributed by atoms with Crippen LogP contribution in [0.1, 0.15) is 25.3 Å². The smallest absolute Gasteiger partial charge is 0.178 e. The van der Waals surface area contributed by atoms with Gasteiger partial charge < -0.3 is 9.55 Å². The lowest BCUT2D eigenvalue weighted by atomic mass is 10.1. The molecule has 3 rings (SSSR count). The highest BCUT2D eigenvalue weighted by molar-refractivity contribution is 7.71. The standard InChI is InChI=1S/C13H13N3S/c1-13(4-5-13)8-16-11-6-9(7-14)2-3-10(11)15-12(16)17/h2-3,6H,4-5,8H2,1H3,(H,15,17). The Kier molecular flexibility index (Phi) is 2.14. The number of nitrogens with one attached hydrogen (secondary N) is 1. The Morgan fingerprint density at radius 2 is 2.29 bits per heavy atom. The van der Waals surface area contributed by atoms with Gasteiger partial charge in [-0.1, -0.05) is 6.92 Å². The Balaban J connectivity index is 2.18. The molecule has 17 heavy (non-hydrogen) atoms. The van der Waals surface area contributed by atoms with Crippen molar-refractivity contribution in [3.05, 3.63) is 28.5 Å². The third-order valence-corrected chi connectivity index (χ3v) is 3.87. The predicted molar refractivity (Wildman–Crippen MR) is 69.2 cm³/mol. The molecule has 0 atom stereocenters. The van der Waals surface area contributed by atoms with Gasteiger partial charge >= 0.3 is 0 Å². The van der Waals surface area contributed by atoms with Crippen LogP contribution in [-0.4, -0.2) is 9.55 Å². The van der Waals surface area contributed by atoms with Gasteiger partial charge in [-0.15, -0.1) is 0 Å². The molecule has 0 bridgehead atoms. The van der Waals surface area contributed by atoms with E-state index < -0.39 is 0 Å². The summed E-state index contributed by atoms with van der Waals surface area (Å²) in [7, 11) is 0. The summed E-state index contributed by atoms with van der Waals surface area (Å²) in [6, 6.07) is 7.83. The first-order valence-electron chi connectivity index (χ1n) is 5.74. The molecule has 86 valence electrons. The van der Waals surface area contributed by atoms with Crippen molar-refractivity contribution >= 4 is 23.3 Å². The molecule has 0 radical (unpaired) electrons. The minimum Gasteiger partial charge on any atom is -0.331 e. The van der Waals surface area contributed by atoms with Crippen molar-refractivity contribution in [3.8, 4) is 6.07 Å². The summed E-state index contributed by atoms with van der Waals surface area (Å²) in [5, 5.41) is 8.94. The van der Waals surface area contributed by atoms with Crippen LogP contribution in [0.15, 0.2) is 18.2 Å². The van der Waals surface area contributed by atoms with E-state index in [1.807, 2.05) is 18.2 Å². The van der Waals surface area contributed by atoms with Crippen LogP contribution in [0.4, 0.5) is 0 Å². The lowest BCUT2D eigenvalue weighted by Crippen LogP contribution is -2.07. The summed E-state index contributed by atoms with van der Waals surface area (Å²) in [6.07, 6.45) is 2.53. The molecule has 1 aliphatic rings. The first-order valence-corrected chi connectivity index (χ1v) is 6.15. The number of rotatable bonds is 2. The molecule has 1 aromatic carbocycles. The third-order valence-electron chi connectivity index (χ3n) is 3.55. The van der Waals surface area contributed by atoms with Gasteiger partial charge in [0.15, 0.2) is 4.77 Å². The molecule has 2 aromatic rings. The van der Waals surface area contributed by atoms with E-state index in [0.717, 1.165) is 22.3 Å². The summed E-state index contributed by atoms with van der Waals surface area (Å²) < 4.78 is 2.88. The third kappa shape index (κ3) is 1.77. The molecule has 1 aromatic heterocycles. The highest BCUT2D eigenvalue weighted by atomic mass is 32.1. The molecule has 1 N–H and O–H groups in total. The zero-order valence-electron chi connectivity index (χ0n) is 9.66. The second-order valence-electron chi connectivity index (χ2n) is 5.17. The molecular weight excluding hydrogens is 230 g/mol. The molecule has 0 amide bonds. The summed E-state index contributed by atoms with van der Waals surface area (Å²) in [5.74, 6) is 0. The molecule has 4 heteroatoms. The number of nitriles is 1. The Morgan fingerprint density at radius 3 is 2.94 bits per heavy atom. The van der Waals surface area contributed by atoms with E-state index in [-0.39, 0.29) is 0 Å². The van der Waals surface area contributed by atoms with Crippen molar-refractivity contribution < 1.29 is 0 Å². The van der Waals surface area contributed by atoms with Crippen molar-refractivity contribution in [2.45, 2.75) is 26.3 Å². The number of nitrogens with zero attached hydrogens (tertiary/aromatic N) is 2. The highest BCUT2D eigenvalue weighted by Crippen LogP contribution is 2.46. The van der Waals surface area contributed by atoms with E-state index in [2.05, 4.69) is 22.5 Å². The van der Waals surface area contributed by atoms with Crippen LogP contribution in [0.25, 0.3) is 11.0 Å². The summed E-state index contributed by atoms with van der Waals surface area (Å²) in [5.41, 5.74) is 3.14. The number of hydrogen-bond acceptors (Lipinski definition) is 2. The van der Waals surface area contributed by atoms with E-state index in [9.17, 15) is 0 Å². The largest absolute Gasteiger partial charge is 0.331 e. The van der Waals surface area contributed by atoms with Crippen molar-refractivity contribution in [2.24, 2.45) is 5.41 Å². The van der Waals surface area contributed by atoms with Crippen LogP contribution >= 0.6 is 12.2 Å². The van der Waals surface area contributed by atoms with Crippen LogP contribution in [0.2, 0.25) is 0 Å². The summed E-state index contributed by atoms with van der Waals surface area (Å²) in [6.45, 7) is 3.22. The van der Waals surface area contributed by atoms with Gasteiger partial charge in [-0.3, -0.25) is 0 Å². The van der Waals surface area contributed by atoms with Crippen LogP contribution < -0.4 is 0 Å². The topological polar surface area (TPSA) is 44.5 Å². The monoisotopic (exact) mass is 243 g/mol. The molecule has 0 unspecified atom stereocenters. The van der Waals surface area contributed by atoms with Gasteiger partial charge in [-0.2, -0.15) is 5.26 Å². The van der Waals surface area contributed by atoms with E-state index in [1.54, 1.807) is 0 Å². The summed E-state index contributed by atoms with van der Waals surface area (Å²) >= 11 is 5.35. The van der Waals surface area contributed by atoms with Crippen LogP contribution in [0, 0.1) is 21.5 Å². The molecular formula is C13H13N3S. The number of aromatic nitrogens is 2. The quantitative estimate of drug-likeness (QED) is 0.822. The first kappa shape index (κ1) is 10.5. The molecule has 0 spiro atoms. The number of hydrogen-bond donors (Lipinski definition) is 1. The minimum absolute atomic E-state index is 0.399. The average Bonchev–Trinajstić information content (AvgIpc) is 2.97. The molecule has 1 saturated carbocycles. The van der Waals surface area contributed by atoms with Crippen LogP contribution in [-0.2, 0) is 6.54 Å². The fraction of sp³-hybridized carbons (Fsp3) is 0.385. The zero-order valence-corrected chi connectivity index (χ0v) is 10.5. The minimum atomic E-state index is 0.399. The van der Waals surface area contributed by atoms with Gasteiger partial charge in [0, 0.05) is 6.54 Å². The Labute approximate surface area is 105 Å². The SMILES string of the molecule is CC1(Cn2c(=S)[nH]c3ccc(C#N)cc32)CC1. The number of H-pyrrole nitrogens is 1. The van der Waals surface area contributed by atoms with Gasteiger partial charge in [0.05, 0.1) is 22.7 Å². The van der Waals surface area contributed by atoms with Crippen molar-refractivity contribution in [1.29, 1.82) is 5.26 Å². The normalized spacial score (nSPS) is 16.9. The van der Waals surface area contributed by atoms with Crippen molar-refractivity contribution in [1.82, 2.24) is 9.55 Å². The summed E-state index contributed by atoms with van der Waals surface area (Å²) in [4.78, 5) is 3.20. The number of benzene rings is 1. The van der Waals surface area contributed by atoms with Crippen LogP contribution in [0.5, 0.6) is 0 Å². The highest BCUT2D eigenvalue weighted by Gasteiger charge is 2.37. The van der Waals surface area contributed by atoms with Gasteiger partial charge in [0.2, 0.25) is 0 Å². The van der Waals surface area contributed by atoms with E-state index in [1.165, 1.54) is 12.8 Å². The molecule has 1 heterocycles. The first-order chi connectivity index (χ1) is 8.11. The van der Waals surface area contributed by atoms with Crippen molar-refractivity contribution in [2.75, 3.05) is 0 Å². The number of imidazole rings is 1.